The zero-order valence-electron chi connectivity index (χ0n) is 7.70. The number of benzene rings is 1. The van der Waals surface area contributed by atoms with Crippen LogP contribution in [0.4, 0.5) is 13.2 Å². The van der Waals surface area contributed by atoms with E-state index in [0.29, 0.717) is 11.6 Å². The van der Waals surface area contributed by atoms with Crippen LogP contribution in [0.15, 0.2) is 12.1 Å². The molecule has 0 atom stereocenters. The fraction of sp³-hybridized carbons (Fsp3) is 0.100. The van der Waals surface area contributed by atoms with Crippen molar-refractivity contribution in [2.45, 2.75) is 5.88 Å². The van der Waals surface area contributed by atoms with Gasteiger partial charge in [0.1, 0.15) is 10.7 Å². The van der Waals surface area contributed by atoms with Gasteiger partial charge in [0.05, 0.1) is 5.88 Å². The molecule has 0 saturated heterocycles. The van der Waals surface area contributed by atoms with Crippen molar-refractivity contribution in [3.05, 3.63) is 40.3 Å². The molecule has 0 radical (unpaired) electrons. The first kappa shape index (κ1) is 11.5. The average molecular weight is 266 g/mol. The van der Waals surface area contributed by atoms with Crippen molar-refractivity contribution in [3.8, 4) is 0 Å². The van der Waals surface area contributed by atoms with Crippen LogP contribution in [0.1, 0.15) is 5.56 Å². The van der Waals surface area contributed by atoms with Gasteiger partial charge in [0, 0.05) is 17.0 Å². The molecule has 0 aliphatic carbocycles. The number of alkyl halides is 1. The molecule has 0 amide bonds. The Morgan fingerprint density at radius 1 is 1.12 bits per heavy atom. The van der Waals surface area contributed by atoms with Crippen LogP contribution >= 0.6 is 23.2 Å². The van der Waals surface area contributed by atoms with Crippen LogP contribution in [-0.4, -0.2) is 4.98 Å². The Kier molecular flexibility index (Phi) is 2.95. The van der Waals surface area contributed by atoms with E-state index in [9.17, 15) is 13.2 Å². The Morgan fingerprint density at radius 3 is 2.44 bits per heavy atom. The molecule has 1 aromatic heterocycles. The minimum absolute atomic E-state index is 0.0145. The minimum Gasteiger partial charge on any atom is -0.233 e. The number of hydrogen-bond acceptors (Lipinski definition) is 1. The normalized spacial score (nSPS) is 11.1. The molecule has 2 rings (SSSR count). The van der Waals surface area contributed by atoms with Crippen LogP contribution in [-0.2, 0) is 5.88 Å². The van der Waals surface area contributed by atoms with Gasteiger partial charge in [-0.1, -0.05) is 11.6 Å². The molecule has 0 unspecified atom stereocenters. The first-order chi connectivity index (χ1) is 7.54. The third kappa shape index (κ3) is 1.72. The lowest BCUT2D eigenvalue weighted by Gasteiger charge is -2.05. The minimum atomic E-state index is -1.27. The van der Waals surface area contributed by atoms with Crippen LogP contribution in [0, 0.1) is 17.5 Å². The van der Waals surface area contributed by atoms with Gasteiger partial charge < -0.3 is 0 Å². The molecule has 16 heavy (non-hydrogen) atoms. The van der Waals surface area contributed by atoms with Crippen molar-refractivity contribution in [3.63, 3.8) is 0 Å². The van der Waals surface area contributed by atoms with E-state index in [1.54, 1.807) is 0 Å². The molecule has 0 bridgehead atoms. The van der Waals surface area contributed by atoms with E-state index in [0.717, 1.165) is 0 Å². The van der Waals surface area contributed by atoms with E-state index in [2.05, 4.69) is 4.98 Å². The van der Waals surface area contributed by atoms with E-state index in [4.69, 9.17) is 23.2 Å². The fourth-order valence-corrected chi connectivity index (χ4v) is 1.83. The van der Waals surface area contributed by atoms with Crippen molar-refractivity contribution < 1.29 is 13.2 Å². The predicted molar refractivity (Wildman–Crippen MR) is 56.2 cm³/mol. The molecule has 0 spiro atoms. The van der Waals surface area contributed by atoms with E-state index < -0.39 is 17.5 Å². The smallest absolute Gasteiger partial charge is 0.168 e. The quantitative estimate of drug-likeness (QED) is 0.431. The summed E-state index contributed by atoms with van der Waals surface area (Å²) < 4.78 is 39.6. The summed E-state index contributed by atoms with van der Waals surface area (Å²) >= 11 is 11.2. The van der Waals surface area contributed by atoms with Gasteiger partial charge in [0.2, 0.25) is 0 Å². The molecule has 1 nitrogen and oxygen atoms in total. The number of aromatic nitrogens is 1. The molecular formula is C10H4Cl2F3N. The summed E-state index contributed by atoms with van der Waals surface area (Å²) in [4.78, 5) is 3.65. The second kappa shape index (κ2) is 4.11. The van der Waals surface area contributed by atoms with Gasteiger partial charge >= 0.3 is 0 Å². The highest BCUT2D eigenvalue weighted by atomic mass is 35.5. The Hall–Kier alpha value is -1.00. The van der Waals surface area contributed by atoms with E-state index >= 15 is 0 Å². The first-order valence-corrected chi connectivity index (χ1v) is 5.14. The standard InChI is InChI=1S/C10H4Cl2F3N/c11-3-4-1-5-8(15)6(13)2-7(14)9(5)16-10(4)12/h1-2H,3H2. The van der Waals surface area contributed by atoms with Crippen molar-refractivity contribution in [1.29, 1.82) is 0 Å². The lowest BCUT2D eigenvalue weighted by Crippen LogP contribution is -1.96. The third-order valence-electron chi connectivity index (χ3n) is 2.12. The molecule has 2 aromatic rings. The molecule has 0 aliphatic heterocycles. The molecule has 6 heteroatoms. The predicted octanol–water partition coefficient (Wildman–Crippen LogP) is 4.04. The molecule has 1 aromatic carbocycles. The van der Waals surface area contributed by atoms with E-state index in [1.165, 1.54) is 6.07 Å². The van der Waals surface area contributed by atoms with Crippen molar-refractivity contribution in [2.75, 3.05) is 0 Å². The maximum atomic E-state index is 13.4. The number of hydrogen-bond donors (Lipinski definition) is 0. The van der Waals surface area contributed by atoms with Gasteiger partial charge in [0.15, 0.2) is 17.5 Å². The molecular weight excluding hydrogens is 262 g/mol. The first-order valence-electron chi connectivity index (χ1n) is 4.23. The highest BCUT2D eigenvalue weighted by Gasteiger charge is 2.15. The molecule has 0 aliphatic rings. The number of fused-ring (bicyclic) bond motifs is 1. The summed E-state index contributed by atoms with van der Waals surface area (Å²) in [5, 5.41) is -0.287. The Bertz CT molecular complexity index is 572. The summed E-state index contributed by atoms with van der Waals surface area (Å²) in [5.74, 6) is -3.40. The number of pyridine rings is 1. The van der Waals surface area contributed by atoms with Crippen molar-refractivity contribution in [1.82, 2.24) is 4.98 Å². The third-order valence-corrected chi connectivity index (χ3v) is 2.73. The number of nitrogens with zero attached hydrogens (tertiary/aromatic N) is 1. The average Bonchev–Trinajstić information content (AvgIpc) is 2.25. The topological polar surface area (TPSA) is 12.9 Å². The molecule has 0 saturated carbocycles. The lowest BCUT2D eigenvalue weighted by atomic mass is 10.1. The highest BCUT2D eigenvalue weighted by Crippen LogP contribution is 2.27. The maximum absolute atomic E-state index is 13.4. The van der Waals surface area contributed by atoms with E-state index in [-0.39, 0.29) is 21.9 Å². The fourth-order valence-electron chi connectivity index (χ4n) is 1.35. The van der Waals surface area contributed by atoms with Crippen molar-refractivity contribution in [2.24, 2.45) is 0 Å². The largest absolute Gasteiger partial charge is 0.233 e. The summed E-state index contributed by atoms with van der Waals surface area (Å²) in [6, 6.07) is 1.63. The lowest BCUT2D eigenvalue weighted by molar-refractivity contribution is 0.505. The molecule has 84 valence electrons. The molecule has 0 fully saturated rings. The van der Waals surface area contributed by atoms with Gasteiger partial charge in [-0.25, -0.2) is 18.2 Å². The van der Waals surface area contributed by atoms with Gasteiger partial charge in [0.25, 0.3) is 0 Å². The second-order valence-corrected chi connectivity index (χ2v) is 3.75. The maximum Gasteiger partial charge on any atom is 0.168 e. The second-order valence-electron chi connectivity index (χ2n) is 3.12. The molecule has 0 N–H and O–H groups in total. The van der Waals surface area contributed by atoms with Crippen LogP contribution < -0.4 is 0 Å². The number of rotatable bonds is 1. The Morgan fingerprint density at radius 2 is 1.81 bits per heavy atom. The zero-order chi connectivity index (χ0) is 11.9. The summed E-state index contributed by atoms with van der Waals surface area (Å²) in [5.41, 5.74) is 0.0116. The van der Waals surface area contributed by atoms with Crippen molar-refractivity contribution >= 4 is 34.1 Å². The van der Waals surface area contributed by atoms with E-state index in [1.807, 2.05) is 0 Å². The highest BCUT2D eigenvalue weighted by molar-refractivity contribution is 6.31. The molecule has 1 heterocycles. The summed E-state index contributed by atoms with van der Waals surface area (Å²) in [7, 11) is 0. The Balaban J connectivity index is 2.90. The van der Waals surface area contributed by atoms with Crippen LogP contribution in [0.2, 0.25) is 5.15 Å². The number of halogens is 5. The van der Waals surface area contributed by atoms with Gasteiger partial charge in [-0.05, 0) is 6.07 Å². The van der Waals surface area contributed by atoms with Crippen LogP contribution in [0.25, 0.3) is 10.9 Å². The summed E-state index contributed by atoms with van der Waals surface area (Å²) in [6.45, 7) is 0. The van der Waals surface area contributed by atoms with Gasteiger partial charge in [-0.3, -0.25) is 0 Å². The Labute approximate surface area is 98.8 Å². The van der Waals surface area contributed by atoms with Crippen LogP contribution in [0.5, 0.6) is 0 Å². The van der Waals surface area contributed by atoms with Gasteiger partial charge in [-0.15, -0.1) is 11.6 Å². The van der Waals surface area contributed by atoms with Gasteiger partial charge in [-0.2, -0.15) is 0 Å². The van der Waals surface area contributed by atoms with Crippen LogP contribution in [0.3, 0.4) is 0 Å². The monoisotopic (exact) mass is 265 g/mol. The zero-order valence-corrected chi connectivity index (χ0v) is 9.21. The SMILES string of the molecule is Fc1cc(F)c2nc(Cl)c(CCl)cc2c1F. The summed E-state index contributed by atoms with van der Waals surface area (Å²) in [6.07, 6.45) is 0.